The summed E-state index contributed by atoms with van der Waals surface area (Å²) in [6.45, 7) is 7.26. The Labute approximate surface area is 99.1 Å². The Balaban J connectivity index is 3.61. The lowest BCUT2D eigenvalue weighted by molar-refractivity contribution is 0.0629. The van der Waals surface area contributed by atoms with Crippen LogP contribution in [0.15, 0.2) is 4.42 Å². The lowest BCUT2D eigenvalue weighted by Gasteiger charge is -2.10. The molecule has 0 aliphatic heterocycles. The Hall–Kier alpha value is -1.78. The number of carboxylic acids is 2. The Kier molecular flexibility index (Phi) is 3.60. The van der Waals surface area contributed by atoms with Gasteiger partial charge in [-0.2, -0.15) is 0 Å². The molecule has 0 unspecified atom stereocenters. The number of hydrogen-bond acceptors (Lipinski definition) is 3. The van der Waals surface area contributed by atoms with Crippen LogP contribution in [-0.2, 0) is 0 Å². The fourth-order valence-electron chi connectivity index (χ4n) is 1.92. The van der Waals surface area contributed by atoms with Crippen molar-refractivity contribution >= 4 is 11.9 Å². The van der Waals surface area contributed by atoms with E-state index in [0.29, 0.717) is 11.1 Å². The lowest BCUT2D eigenvalue weighted by Crippen LogP contribution is -2.05. The van der Waals surface area contributed by atoms with Gasteiger partial charge < -0.3 is 14.6 Å². The van der Waals surface area contributed by atoms with Crippen LogP contribution in [0, 0.1) is 0 Å². The van der Waals surface area contributed by atoms with E-state index >= 15 is 0 Å². The summed E-state index contributed by atoms with van der Waals surface area (Å²) in [4.78, 5) is 22.1. The highest BCUT2D eigenvalue weighted by atomic mass is 16.4. The van der Waals surface area contributed by atoms with Crippen molar-refractivity contribution in [1.82, 2.24) is 0 Å². The molecule has 5 heteroatoms. The topological polar surface area (TPSA) is 87.7 Å². The summed E-state index contributed by atoms with van der Waals surface area (Å²) in [6, 6.07) is 0. The first-order chi connectivity index (χ1) is 7.77. The molecule has 0 atom stereocenters. The third kappa shape index (κ3) is 2.33. The number of aromatic carboxylic acids is 2. The van der Waals surface area contributed by atoms with Gasteiger partial charge in [0.15, 0.2) is 0 Å². The summed E-state index contributed by atoms with van der Waals surface area (Å²) < 4.78 is 4.99. The molecule has 1 heterocycles. The molecule has 2 N–H and O–H groups in total. The SMILES string of the molecule is CC(C)c1c(C(=O)O)oc(C(=O)O)c1C(C)C. The predicted molar refractivity (Wildman–Crippen MR) is 60.8 cm³/mol. The van der Waals surface area contributed by atoms with Crippen LogP contribution in [0.5, 0.6) is 0 Å². The van der Waals surface area contributed by atoms with E-state index in [0.717, 1.165) is 0 Å². The molecule has 0 spiro atoms. The molecule has 0 saturated carbocycles. The van der Waals surface area contributed by atoms with Gasteiger partial charge in [0, 0.05) is 11.1 Å². The summed E-state index contributed by atoms with van der Waals surface area (Å²) in [5.41, 5.74) is 0.954. The number of carboxylic acid groups (broad SMARTS) is 2. The zero-order valence-electron chi connectivity index (χ0n) is 10.3. The third-order valence-corrected chi connectivity index (χ3v) is 2.53. The minimum Gasteiger partial charge on any atom is -0.475 e. The van der Waals surface area contributed by atoms with Crippen LogP contribution in [0.2, 0.25) is 0 Å². The van der Waals surface area contributed by atoms with Gasteiger partial charge in [0.25, 0.3) is 0 Å². The van der Waals surface area contributed by atoms with Gasteiger partial charge in [-0.15, -0.1) is 0 Å². The van der Waals surface area contributed by atoms with Crippen molar-refractivity contribution in [3.05, 3.63) is 22.6 Å². The van der Waals surface area contributed by atoms with E-state index in [9.17, 15) is 9.59 Å². The van der Waals surface area contributed by atoms with Crippen LogP contribution in [0.3, 0.4) is 0 Å². The van der Waals surface area contributed by atoms with Crippen molar-refractivity contribution in [3.8, 4) is 0 Å². The predicted octanol–water partition coefficient (Wildman–Crippen LogP) is 2.92. The first-order valence-corrected chi connectivity index (χ1v) is 5.40. The molecule has 0 saturated heterocycles. The van der Waals surface area contributed by atoms with Gasteiger partial charge in [0.1, 0.15) is 0 Å². The normalized spacial score (nSPS) is 11.2. The van der Waals surface area contributed by atoms with Crippen LogP contribution in [-0.4, -0.2) is 22.2 Å². The second kappa shape index (κ2) is 4.61. The zero-order valence-corrected chi connectivity index (χ0v) is 10.3. The summed E-state index contributed by atoms with van der Waals surface area (Å²) in [6.07, 6.45) is 0. The summed E-state index contributed by atoms with van der Waals surface area (Å²) >= 11 is 0. The van der Waals surface area contributed by atoms with Gasteiger partial charge in [-0.05, 0) is 11.8 Å². The molecule has 17 heavy (non-hydrogen) atoms. The van der Waals surface area contributed by atoms with E-state index in [2.05, 4.69) is 0 Å². The number of rotatable bonds is 4. The summed E-state index contributed by atoms with van der Waals surface area (Å²) in [7, 11) is 0. The maximum absolute atomic E-state index is 11.1. The van der Waals surface area contributed by atoms with Gasteiger partial charge in [0.2, 0.25) is 11.5 Å². The van der Waals surface area contributed by atoms with E-state index in [4.69, 9.17) is 14.6 Å². The van der Waals surface area contributed by atoms with Crippen LogP contribution in [0.25, 0.3) is 0 Å². The van der Waals surface area contributed by atoms with Crippen molar-refractivity contribution in [2.75, 3.05) is 0 Å². The highest BCUT2D eigenvalue weighted by Gasteiger charge is 2.30. The average Bonchev–Trinajstić information content (AvgIpc) is 2.56. The van der Waals surface area contributed by atoms with E-state index in [1.54, 1.807) is 0 Å². The van der Waals surface area contributed by atoms with Crippen LogP contribution in [0.1, 0.15) is 71.8 Å². The Morgan fingerprint density at radius 3 is 1.35 bits per heavy atom. The minimum absolute atomic E-state index is 0.102. The smallest absolute Gasteiger partial charge is 0.372 e. The second-order valence-electron chi connectivity index (χ2n) is 4.51. The molecule has 0 aromatic carbocycles. The van der Waals surface area contributed by atoms with Gasteiger partial charge >= 0.3 is 11.9 Å². The van der Waals surface area contributed by atoms with Crippen molar-refractivity contribution < 1.29 is 24.2 Å². The molecule has 1 aromatic rings. The van der Waals surface area contributed by atoms with E-state index in [1.165, 1.54) is 0 Å². The van der Waals surface area contributed by atoms with E-state index in [1.807, 2.05) is 27.7 Å². The highest BCUT2D eigenvalue weighted by molar-refractivity contribution is 5.93. The standard InChI is InChI=1S/C12H16O5/c1-5(2)7-8(6(3)4)10(12(15)16)17-9(7)11(13)14/h5-6H,1-4H3,(H,13,14)(H,15,16). The molecule has 0 fully saturated rings. The Bertz CT molecular complexity index is 413. The van der Waals surface area contributed by atoms with Crippen LogP contribution < -0.4 is 0 Å². The maximum Gasteiger partial charge on any atom is 0.372 e. The molecule has 94 valence electrons. The van der Waals surface area contributed by atoms with Gasteiger partial charge in [-0.3, -0.25) is 0 Å². The van der Waals surface area contributed by atoms with Crippen LogP contribution in [0.4, 0.5) is 0 Å². The number of furan rings is 1. The molecule has 0 amide bonds. The molecule has 0 radical (unpaired) electrons. The molecule has 0 aliphatic carbocycles. The first-order valence-electron chi connectivity index (χ1n) is 5.40. The fourth-order valence-corrected chi connectivity index (χ4v) is 1.92. The molecule has 1 aromatic heterocycles. The van der Waals surface area contributed by atoms with Gasteiger partial charge in [-0.25, -0.2) is 9.59 Å². The lowest BCUT2D eigenvalue weighted by atomic mass is 9.91. The van der Waals surface area contributed by atoms with Crippen molar-refractivity contribution in [1.29, 1.82) is 0 Å². The van der Waals surface area contributed by atoms with Crippen molar-refractivity contribution in [3.63, 3.8) is 0 Å². The van der Waals surface area contributed by atoms with Gasteiger partial charge in [0.05, 0.1) is 0 Å². The molecular weight excluding hydrogens is 224 g/mol. The third-order valence-electron chi connectivity index (χ3n) is 2.53. The number of carbonyl (C=O) groups is 2. The summed E-state index contributed by atoms with van der Waals surface area (Å²) in [5.74, 6) is -3.20. The van der Waals surface area contributed by atoms with E-state index < -0.39 is 11.9 Å². The maximum atomic E-state index is 11.1. The first kappa shape index (κ1) is 13.3. The highest BCUT2D eigenvalue weighted by Crippen LogP contribution is 2.34. The van der Waals surface area contributed by atoms with Crippen molar-refractivity contribution in [2.24, 2.45) is 0 Å². The average molecular weight is 240 g/mol. The number of hydrogen-bond donors (Lipinski definition) is 2. The van der Waals surface area contributed by atoms with Gasteiger partial charge in [-0.1, -0.05) is 27.7 Å². The summed E-state index contributed by atoms with van der Waals surface area (Å²) in [5, 5.41) is 18.1. The van der Waals surface area contributed by atoms with Crippen molar-refractivity contribution in [2.45, 2.75) is 39.5 Å². The Morgan fingerprint density at radius 1 is 0.882 bits per heavy atom. The second-order valence-corrected chi connectivity index (χ2v) is 4.51. The van der Waals surface area contributed by atoms with Crippen LogP contribution >= 0.6 is 0 Å². The molecule has 0 aliphatic rings. The molecular formula is C12H16O5. The molecule has 1 rings (SSSR count). The minimum atomic E-state index is -1.23. The molecule has 0 bridgehead atoms. The Morgan fingerprint density at radius 2 is 1.18 bits per heavy atom. The quantitative estimate of drug-likeness (QED) is 0.844. The van der Waals surface area contributed by atoms with E-state index in [-0.39, 0.29) is 23.4 Å². The monoisotopic (exact) mass is 240 g/mol. The zero-order chi connectivity index (χ0) is 13.3. The fraction of sp³-hybridized carbons (Fsp3) is 0.500. The molecule has 5 nitrogen and oxygen atoms in total. The largest absolute Gasteiger partial charge is 0.475 e.